The maximum Gasteiger partial charge on any atom is 2.00 e. The van der Waals surface area contributed by atoms with Gasteiger partial charge in [0.2, 0.25) is 0 Å². The van der Waals surface area contributed by atoms with Gasteiger partial charge in [-0.3, -0.25) is 0 Å². The molecule has 0 aromatic heterocycles. The van der Waals surface area contributed by atoms with Crippen molar-refractivity contribution in [1.82, 2.24) is 4.90 Å². The van der Waals surface area contributed by atoms with Crippen molar-refractivity contribution in [2.45, 2.75) is 25.4 Å². The summed E-state index contributed by atoms with van der Waals surface area (Å²) in [5, 5.41) is 11.6. The summed E-state index contributed by atoms with van der Waals surface area (Å²) in [5.74, 6) is -0.117. The van der Waals surface area contributed by atoms with E-state index in [0.717, 1.165) is 40.5 Å². The SMILES string of the molecule is CN(C)CCCC(c1ccc(F)cc1)c1ccc(Br)cc1C[O-].[Br-].[Mg+2]. The van der Waals surface area contributed by atoms with Gasteiger partial charge in [-0.1, -0.05) is 39.7 Å². The van der Waals surface area contributed by atoms with Gasteiger partial charge in [0.1, 0.15) is 5.82 Å². The Labute approximate surface area is 184 Å². The first kappa shape index (κ1) is 25.0. The van der Waals surface area contributed by atoms with E-state index in [1.807, 2.05) is 30.3 Å². The minimum absolute atomic E-state index is 0. The second-order valence-corrected chi connectivity index (χ2v) is 6.95. The monoisotopic (exact) mass is 481 g/mol. The Balaban J connectivity index is 0.00000288. The van der Waals surface area contributed by atoms with Crippen molar-refractivity contribution < 1.29 is 26.5 Å². The normalized spacial score (nSPS) is 11.6. The van der Waals surface area contributed by atoms with Crippen LogP contribution >= 0.6 is 15.9 Å². The zero-order valence-corrected chi connectivity index (χ0v) is 19.2. The zero-order valence-electron chi connectivity index (χ0n) is 14.6. The van der Waals surface area contributed by atoms with Gasteiger partial charge in [-0.2, -0.15) is 0 Å². The fraction of sp³-hybridized carbons (Fsp3) is 0.368. The van der Waals surface area contributed by atoms with Gasteiger partial charge in [-0.05, 0) is 68.9 Å². The first-order chi connectivity index (χ1) is 11.0. The Kier molecular flexibility index (Phi) is 12.4. The van der Waals surface area contributed by atoms with Gasteiger partial charge >= 0.3 is 23.1 Å². The molecule has 6 heteroatoms. The molecule has 1 atom stereocenters. The zero-order chi connectivity index (χ0) is 16.8. The van der Waals surface area contributed by atoms with E-state index in [1.54, 1.807) is 0 Å². The maximum absolute atomic E-state index is 13.2. The summed E-state index contributed by atoms with van der Waals surface area (Å²) in [6.45, 7) is 0.737. The molecule has 0 amide bonds. The molecule has 0 heterocycles. The van der Waals surface area contributed by atoms with Crippen molar-refractivity contribution in [2.24, 2.45) is 0 Å². The first-order valence-electron chi connectivity index (χ1n) is 7.78. The second kappa shape index (κ2) is 12.4. The Morgan fingerprint density at radius 2 is 1.76 bits per heavy atom. The molecule has 0 aliphatic heterocycles. The molecule has 0 aliphatic carbocycles. The van der Waals surface area contributed by atoms with Crippen molar-refractivity contribution >= 4 is 39.0 Å². The van der Waals surface area contributed by atoms with E-state index in [9.17, 15) is 9.50 Å². The molecular formula is C19H22Br2FMgNO. The summed E-state index contributed by atoms with van der Waals surface area (Å²) in [4.78, 5) is 2.15. The van der Waals surface area contributed by atoms with Crippen LogP contribution in [0.15, 0.2) is 46.9 Å². The fourth-order valence-corrected chi connectivity index (χ4v) is 3.26. The average molecular weight is 484 g/mol. The summed E-state index contributed by atoms with van der Waals surface area (Å²) in [7, 11) is 4.10. The minimum atomic E-state index is -0.250. The number of hydrogen-bond donors (Lipinski definition) is 0. The molecule has 0 aliphatic rings. The summed E-state index contributed by atoms with van der Waals surface area (Å²) in [5.41, 5.74) is 2.91. The van der Waals surface area contributed by atoms with Crippen LogP contribution in [-0.4, -0.2) is 48.6 Å². The molecule has 0 radical (unpaired) electrons. The summed E-state index contributed by atoms with van der Waals surface area (Å²) < 4.78 is 14.2. The van der Waals surface area contributed by atoms with Crippen LogP contribution in [0.4, 0.5) is 4.39 Å². The van der Waals surface area contributed by atoms with Gasteiger partial charge < -0.3 is 27.0 Å². The average Bonchev–Trinajstić information content (AvgIpc) is 2.53. The molecule has 1 unspecified atom stereocenters. The Morgan fingerprint density at radius 1 is 1.12 bits per heavy atom. The van der Waals surface area contributed by atoms with Gasteiger partial charge in [0.05, 0.1) is 0 Å². The van der Waals surface area contributed by atoms with Crippen molar-refractivity contribution in [3.63, 3.8) is 0 Å². The summed E-state index contributed by atoms with van der Waals surface area (Å²) >= 11 is 3.43. The molecule has 0 spiro atoms. The summed E-state index contributed by atoms with van der Waals surface area (Å²) in [6, 6.07) is 12.5. The molecule has 0 saturated heterocycles. The molecule has 2 aromatic carbocycles. The molecule has 0 N–H and O–H groups in total. The number of rotatable bonds is 7. The van der Waals surface area contributed by atoms with Gasteiger partial charge in [0.15, 0.2) is 0 Å². The van der Waals surface area contributed by atoms with E-state index in [4.69, 9.17) is 0 Å². The Hall–Kier alpha value is 0.0162. The standard InChI is InChI=1S/C19H22BrFNO.BrH.Mg/c1-22(2)11-3-4-18(14-5-8-17(21)9-6-14)19-10-7-16(20)12-15(19)13-23;;/h5-10,12,18H,3-4,11,13H2,1-2H3;1H;/q-1;;+2/p-1. The summed E-state index contributed by atoms with van der Waals surface area (Å²) in [6.07, 6.45) is 1.95. The predicted molar refractivity (Wildman–Crippen MR) is 99.6 cm³/mol. The van der Waals surface area contributed by atoms with Crippen LogP contribution in [0.5, 0.6) is 0 Å². The second-order valence-electron chi connectivity index (χ2n) is 6.04. The minimum Gasteiger partial charge on any atom is -1.00 e. The molecule has 2 nitrogen and oxygen atoms in total. The molecule has 0 fully saturated rings. The van der Waals surface area contributed by atoms with E-state index in [-0.39, 0.29) is 58.4 Å². The maximum atomic E-state index is 13.2. The van der Waals surface area contributed by atoms with Crippen molar-refractivity contribution in [2.75, 3.05) is 20.6 Å². The van der Waals surface area contributed by atoms with Crippen LogP contribution in [0.2, 0.25) is 0 Å². The van der Waals surface area contributed by atoms with Crippen molar-refractivity contribution in [1.29, 1.82) is 0 Å². The molecule has 25 heavy (non-hydrogen) atoms. The van der Waals surface area contributed by atoms with Gasteiger partial charge in [0, 0.05) is 10.4 Å². The smallest absolute Gasteiger partial charge is 1.00 e. The van der Waals surface area contributed by atoms with E-state index in [1.165, 1.54) is 12.1 Å². The quantitative estimate of drug-likeness (QED) is 0.538. The number of hydrogen-bond acceptors (Lipinski definition) is 2. The third-order valence-electron chi connectivity index (χ3n) is 4.01. The van der Waals surface area contributed by atoms with Gasteiger partial charge in [0.25, 0.3) is 0 Å². The van der Waals surface area contributed by atoms with Crippen LogP contribution in [0.1, 0.15) is 35.4 Å². The number of nitrogens with zero attached hydrogens (tertiary/aromatic N) is 1. The van der Waals surface area contributed by atoms with Gasteiger partial charge in [-0.25, -0.2) is 4.39 Å². The van der Waals surface area contributed by atoms with Crippen LogP contribution in [-0.2, 0) is 6.61 Å². The van der Waals surface area contributed by atoms with Crippen LogP contribution in [0.25, 0.3) is 0 Å². The van der Waals surface area contributed by atoms with Crippen molar-refractivity contribution in [3.05, 3.63) is 69.4 Å². The Morgan fingerprint density at radius 3 is 2.32 bits per heavy atom. The van der Waals surface area contributed by atoms with Crippen LogP contribution in [0.3, 0.4) is 0 Å². The third kappa shape index (κ3) is 7.65. The number of halogens is 3. The molecule has 0 bridgehead atoms. The van der Waals surface area contributed by atoms with Crippen molar-refractivity contribution in [3.8, 4) is 0 Å². The fourth-order valence-electron chi connectivity index (χ4n) is 2.85. The topological polar surface area (TPSA) is 26.3 Å². The molecule has 2 rings (SSSR count). The van der Waals surface area contributed by atoms with E-state index in [2.05, 4.69) is 34.9 Å². The van der Waals surface area contributed by atoms with Gasteiger partial charge in [-0.15, -0.1) is 6.61 Å². The third-order valence-corrected chi connectivity index (χ3v) is 4.50. The van der Waals surface area contributed by atoms with Crippen LogP contribution in [0, 0.1) is 5.82 Å². The molecule has 132 valence electrons. The number of benzene rings is 2. The van der Waals surface area contributed by atoms with Crippen LogP contribution < -0.4 is 22.1 Å². The Bertz CT molecular complexity index is 638. The van der Waals surface area contributed by atoms with E-state index in [0.29, 0.717) is 0 Å². The first-order valence-corrected chi connectivity index (χ1v) is 8.57. The molecule has 0 saturated carbocycles. The molecule has 2 aromatic rings. The predicted octanol–water partition coefficient (Wildman–Crippen LogP) is 0.545. The largest absolute Gasteiger partial charge is 2.00 e. The van der Waals surface area contributed by atoms with E-state index >= 15 is 0 Å². The molecular weight excluding hydrogens is 461 g/mol. The van der Waals surface area contributed by atoms with E-state index < -0.39 is 0 Å².